The molecule has 2 fully saturated rings. The van der Waals surface area contributed by atoms with Crippen molar-refractivity contribution in [3.05, 3.63) is 78.4 Å². The van der Waals surface area contributed by atoms with E-state index >= 15 is 0 Å². The van der Waals surface area contributed by atoms with E-state index in [0.717, 1.165) is 47.0 Å². The molecule has 0 aromatic heterocycles. The topological polar surface area (TPSA) is 62.8 Å². The molecular formula is C29H31N3O3S. The molecule has 2 N–H and O–H groups in total. The summed E-state index contributed by atoms with van der Waals surface area (Å²) < 4.78 is 11.8. The van der Waals surface area contributed by atoms with Crippen LogP contribution >= 0.6 is 12.2 Å². The van der Waals surface area contributed by atoms with Crippen LogP contribution in [-0.4, -0.2) is 30.8 Å². The predicted molar refractivity (Wildman–Crippen MR) is 148 cm³/mol. The normalized spacial score (nSPS) is 17.8. The van der Waals surface area contributed by atoms with Crippen molar-refractivity contribution in [2.24, 2.45) is 0 Å². The first-order valence-electron chi connectivity index (χ1n) is 12.5. The third kappa shape index (κ3) is 5.62. The van der Waals surface area contributed by atoms with Crippen LogP contribution in [-0.2, 0) is 4.79 Å². The lowest BCUT2D eigenvalue weighted by atomic mass is 9.98. The van der Waals surface area contributed by atoms with Crippen LogP contribution in [0.5, 0.6) is 11.5 Å². The van der Waals surface area contributed by atoms with E-state index in [9.17, 15) is 4.79 Å². The van der Waals surface area contributed by atoms with Crippen LogP contribution in [0.4, 0.5) is 17.1 Å². The maximum atomic E-state index is 13.0. The quantitative estimate of drug-likeness (QED) is 0.368. The fraction of sp³-hybridized carbons (Fsp3) is 0.310. The van der Waals surface area contributed by atoms with E-state index in [1.807, 2.05) is 71.6 Å². The number of benzene rings is 3. The van der Waals surface area contributed by atoms with E-state index in [-0.39, 0.29) is 17.9 Å². The molecule has 0 spiro atoms. The van der Waals surface area contributed by atoms with Gasteiger partial charge in [0.15, 0.2) is 16.6 Å². The number of carbonyl (C=O) groups excluding carboxylic acids is 1. The standard InChI is InChI=1S/C29H31N3O3S/c1-34-26-15-14-20(16-27(26)35-25-12-5-6-13-25)21-17-28(33)32(19-21)24-11-7-10-23(18-24)31-29(36)30-22-8-3-2-4-9-22/h2-4,7-11,14-16,18,21,25H,5-6,12-13,17,19H2,1H3,(H2,30,31,36). The maximum absolute atomic E-state index is 13.0. The first kappa shape index (κ1) is 24.1. The molecular weight excluding hydrogens is 470 g/mol. The van der Waals surface area contributed by atoms with Gasteiger partial charge in [0, 0.05) is 35.9 Å². The number of methoxy groups -OCH3 is 1. The minimum atomic E-state index is 0.0896. The number of hydrogen-bond donors (Lipinski definition) is 2. The van der Waals surface area contributed by atoms with Crippen molar-refractivity contribution < 1.29 is 14.3 Å². The van der Waals surface area contributed by atoms with Crippen LogP contribution in [0.3, 0.4) is 0 Å². The molecule has 0 bridgehead atoms. The summed E-state index contributed by atoms with van der Waals surface area (Å²) in [4.78, 5) is 14.9. The number of rotatable bonds is 7. The Morgan fingerprint density at radius 2 is 1.67 bits per heavy atom. The van der Waals surface area contributed by atoms with Gasteiger partial charge in [-0.3, -0.25) is 4.79 Å². The summed E-state index contributed by atoms with van der Waals surface area (Å²) in [6.45, 7) is 0.615. The van der Waals surface area contributed by atoms with Gasteiger partial charge in [0.1, 0.15) is 0 Å². The van der Waals surface area contributed by atoms with Gasteiger partial charge in [-0.05, 0) is 85.9 Å². The van der Waals surface area contributed by atoms with E-state index in [1.54, 1.807) is 7.11 Å². The number of thiocarbonyl (C=S) groups is 1. The lowest BCUT2D eigenvalue weighted by molar-refractivity contribution is -0.117. The minimum Gasteiger partial charge on any atom is -0.493 e. The Morgan fingerprint density at radius 1 is 0.917 bits per heavy atom. The van der Waals surface area contributed by atoms with Crippen LogP contribution in [0.25, 0.3) is 0 Å². The van der Waals surface area contributed by atoms with Crippen molar-refractivity contribution in [1.82, 2.24) is 0 Å². The van der Waals surface area contributed by atoms with Gasteiger partial charge in [-0.1, -0.05) is 30.3 Å². The van der Waals surface area contributed by atoms with E-state index in [1.165, 1.54) is 12.8 Å². The van der Waals surface area contributed by atoms with E-state index in [0.29, 0.717) is 18.1 Å². The molecule has 2 aliphatic rings. The summed E-state index contributed by atoms with van der Waals surface area (Å²) in [5, 5.41) is 6.89. The van der Waals surface area contributed by atoms with Crippen molar-refractivity contribution in [3.63, 3.8) is 0 Å². The average molecular weight is 502 g/mol. The van der Waals surface area contributed by atoms with Crippen molar-refractivity contribution in [3.8, 4) is 11.5 Å². The molecule has 1 saturated heterocycles. The molecule has 3 aromatic rings. The molecule has 1 unspecified atom stereocenters. The van der Waals surface area contributed by atoms with E-state index < -0.39 is 0 Å². The first-order valence-corrected chi connectivity index (χ1v) is 12.9. The fourth-order valence-electron chi connectivity index (χ4n) is 4.97. The van der Waals surface area contributed by atoms with Crippen molar-refractivity contribution in [1.29, 1.82) is 0 Å². The molecule has 1 aliphatic heterocycles. The van der Waals surface area contributed by atoms with Gasteiger partial charge >= 0.3 is 0 Å². The Morgan fingerprint density at radius 3 is 2.44 bits per heavy atom. The van der Waals surface area contributed by atoms with Gasteiger partial charge in [0.2, 0.25) is 5.91 Å². The number of para-hydroxylation sites is 1. The van der Waals surface area contributed by atoms with Crippen LogP contribution in [0.1, 0.15) is 43.6 Å². The molecule has 36 heavy (non-hydrogen) atoms. The number of amides is 1. The third-order valence-corrected chi connectivity index (χ3v) is 7.03. The highest BCUT2D eigenvalue weighted by atomic mass is 32.1. The highest BCUT2D eigenvalue weighted by molar-refractivity contribution is 7.80. The zero-order chi connectivity index (χ0) is 24.9. The number of hydrogen-bond acceptors (Lipinski definition) is 4. The Labute approximate surface area is 217 Å². The second-order valence-electron chi connectivity index (χ2n) is 9.34. The number of nitrogens with zero attached hydrogens (tertiary/aromatic N) is 1. The monoisotopic (exact) mass is 501 g/mol. The fourth-order valence-corrected chi connectivity index (χ4v) is 5.21. The SMILES string of the molecule is COc1ccc(C2CC(=O)N(c3cccc(NC(=S)Nc4ccccc4)c3)C2)cc1OC1CCCC1. The summed E-state index contributed by atoms with van der Waals surface area (Å²) >= 11 is 5.46. The number of nitrogens with one attached hydrogen (secondary N) is 2. The van der Waals surface area contributed by atoms with Crippen LogP contribution in [0.2, 0.25) is 0 Å². The Balaban J connectivity index is 1.27. The van der Waals surface area contributed by atoms with Gasteiger partial charge in [-0.15, -0.1) is 0 Å². The van der Waals surface area contributed by atoms with Gasteiger partial charge in [-0.2, -0.15) is 0 Å². The molecule has 1 amide bonds. The second kappa shape index (κ2) is 11.0. The maximum Gasteiger partial charge on any atom is 0.227 e. The molecule has 186 valence electrons. The predicted octanol–water partition coefficient (Wildman–Crippen LogP) is 6.35. The molecule has 1 saturated carbocycles. The van der Waals surface area contributed by atoms with Crippen molar-refractivity contribution >= 4 is 40.3 Å². The number of ether oxygens (including phenoxy) is 2. The van der Waals surface area contributed by atoms with Crippen LogP contribution < -0.4 is 25.0 Å². The highest BCUT2D eigenvalue weighted by Gasteiger charge is 2.32. The molecule has 7 heteroatoms. The molecule has 1 aliphatic carbocycles. The van der Waals surface area contributed by atoms with Gasteiger partial charge in [0.05, 0.1) is 13.2 Å². The lowest BCUT2D eigenvalue weighted by Gasteiger charge is -2.20. The van der Waals surface area contributed by atoms with Crippen molar-refractivity contribution in [2.75, 3.05) is 29.2 Å². The number of anilines is 3. The molecule has 1 heterocycles. The smallest absolute Gasteiger partial charge is 0.227 e. The molecule has 3 aromatic carbocycles. The molecule has 6 nitrogen and oxygen atoms in total. The molecule has 0 radical (unpaired) electrons. The summed E-state index contributed by atoms with van der Waals surface area (Å²) in [5.74, 6) is 1.71. The van der Waals surface area contributed by atoms with E-state index in [4.69, 9.17) is 21.7 Å². The Kier molecular flexibility index (Phi) is 7.37. The third-order valence-electron chi connectivity index (χ3n) is 6.83. The summed E-state index contributed by atoms with van der Waals surface area (Å²) in [5.41, 5.74) is 3.70. The van der Waals surface area contributed by atoms with Crippen LogP contribution in [0, 0.1) is 0 Å². The summed E-state index contributed by atoms with van der Waals surface area (Å²) in [6.07, 6.45) is 5.28. The Hall–Kier alpha value is -3.58. The zero-order valence-corrected chi connectivity index (χ0v) is 21.2. The average Bonchev–Trinajstić information content (AvgIpc) is 3.54. The van der Waals surface area contributed by atoms with Crippen LogP contribution in [0.15, 0.2) is 72.8 Å². The first-order chi connectivity index (χ1) is 17.6. The highest BCUT2D eigenvalue weighted by Crippen LogP contribution is 2.38. The largest absolute Gasteiger partial charge is 0.493 e. The zero-order valence-electron chi connectivity index (χ0n) is 20.4. The second-order valence-corrected chi connectivity index (χ2v) is 9.74. The minimum absolute atomic E-state index is 0.0896. The summed E-state index contributed by atoms with van der Waals surface area (Å²) in [6, 6.07) is 23.6. The molecule has 1 atom stereocenters. The van der Waals surface area contributed by atoms with Gasteiger partial charge < -0.3 is 25.0 Å². The molecule has 5 rings (SSSR count). The Bertz CT molecular complexity index is 1230. The number of carbonyl (C=O) groups is 1. The summed E-state index contributed by atoms with van der Waals surface area (Å²) in [7, 11) is 1.67. The van der Waals surface area contributed by atoms with E-state index in [2.05, 4.69) is 16.7 Å². The van der Waals surface area contributed by atoms with Gasteiger partial charge in [-0.25, -0.2) is 0 Å². The van der Waals surface area contributed by atoms with Crippen molar-refractivity contribution in [2.45, 2.75) is 44.1 Å². The van der Waals surface area contributed by atoms with Gasteiger partial charge in [0.25, 0.3) is 0 Å². The lowest BCUT2D eigenvalue weighted by Crippen LogP contribution is -2.24.